The fourth-order valence-electron chi connectivity index (χ4n) is 2.96. The van der Waals surface area contributed by atoms with Gasteiger partial charge in [0, 0.05) is 19.5 Å². The van der Waals surface area contributed by atoms with Crippen molar-refractivity contribution in [3.63, 3.8) is 0 Å². The van der Waals surface area contributed by atoms with Gasteiger partial charge in [-0.05, 0) is 31.2 Å². The minimum Gasteiger partial charge on any atom is -0.467 e. The Morgan fingerprint density at radius 1 is 1.12 bits per heavy atom. The van der Waals surface area contributed by atoms with E-state index in [9.17, 15) is 4.79 Å². The van der Waals surface area contributed by atoms with Crippen LogP contribution in [0.1, 0.15) is 37.1 Å². The van der Waals surface area contributed by atoms with Gasteiger partial charge in [-0.2, -0.15) is 15.0 Å². The SMILES string of the molecule is COc1nc(CNC(=O)CCc2ccccc2)nc(N2CCCCC2)n1. The average Bonchev–Trinajstić information content (AvgIpc) is 2.72. The Hall–Kier alpha value is -2.70. The number of aromatic nitrogens is 3. The summed E-state index contributed by atoms with van der Waals surface area (Å²) < 4.78 is 5.20. The molecule has 7 heteroatoms. The number of aryl methyl sites for hydroxylation is 1. The van der Waals surface area contributed by atoms with E-state index in [1.54, 1.807) is 0 Å². The molecular formula is C19H25N5O2. The Labute approximate surface area is 153 Å². The lowest BCUT2D eigenvalue weighted by atomic mass is 10.1. The summed E-state index contributed by atoms with van der Waals surface area (Å²) in [6.07, 6.45) is 4.67. The van der Waals surface area contributed by atoms with E-state index in [0.29, 0.717) is 24.6 Å². The van der Waals surface area contributed by atoms with E-state index in [1.165, 1.54) is 13.5 Å². The molecule has 2 heterocycles. The van der Waals surface area contributed by atoms with Crippen LogP contribution in [-0.4, -0.2) is 41.1 Å². The number of carbonyl (C=O) groups excluding carboxylic acids is 1. The number of benzene rings is 1. The second-order valence-corrected chi connectivity index (χ2v) is 6.35. The lowest BCUT2D eigenvalue weighted by Crippen LogP contribution is -2.32. The third-order valence-electron chi connectivity index (χ3n) is 4.40. The van der Waals surface area contributed by atoms with Crippen molar-refractivity contribution < 1.29 is 9.53 Å². The summed E-state index contributed by atoms with van der Waals surface area (Å²) in [6, 6.07) is 10.3. The zero-order chi connectivity index (χ0) is 18.2. The monoisotopic (exact) mass is 355 g/mol. The zero-order valence-corrected chi connectivity index (χ0v) is 15.1. The van der Waals surface area contributed by atoms with E-state index < -0.39 is 0 Å². The molecule has 1 saturated heterocycles. The first-order chi connectivity index (χ1) is 12.7. The lowest BCUT2D eigenvalue weighted by Gasteiger charge is -2.26. The van der Waals surface area contributed by atoms with Gasteiger partial charge in [0.05, 0.1) is 13.7 Å². The normalized spacial score (nSPS) is 14.1. The molecule has 0 spiro atoms. The van der Waals surface area contributed by atoms with Gasteiger partial charge in [-0.15, -0.1) is 0 Å². The number of hydrogen-bond donors (Lipinski definition) is 1. The fraction of sp³-hybridized carbons (Fsp3) is 0.474. The molecule has 1 aromatic carbocycles. The van der Waals surface area contributed by atoms with Crippen LogP contribution in [0, 0.1) is 0 Å². The van der Waals surface area contributed by atoms with Crippen molar-refractivity contribution >= 4 is 11.9 Å². The standard InChI is InChI=1S/C19H25N5O2/c1-26-19-22-16(21-18(23-19)24-12-6-3-7-13-24)14-20-17(25)11-10-15-8-4-2-5-9-15/h2,4-5,8-9H,3,6-7,10-14H2,1H3,(H,20,25). The third kappa shape index (κ3) is 5.15. The van der Waals surface area contributed by atoms with Gasteiger partial charge < -0.3 is 15.0 Å². The molecule has 0 atom stereocenters. The van der Waals surface area contributed by atoms with Crippen LogP contribution in [0.25, 0.3) is 0 Å². The maximum absolute atomic E-state index is 12.1. The Morgan fingerprint density at radius 2 is 1.88 bits per heavy atom. The Balaban J connectivity index is 1.57. The maximum Gasteiger partial charge on any atom is 0.321 e. The molecule has 1 N–H and O–H groups in total. The third-order valence-corrected chi connectivity index (χ3v) is 4.40. The molecule has 1 fully saturated rings. The number of piperidine rings is 1. The molecule has 1 aliphatic heterocycles. The summed E-state index contributed by atoms with van der Waals surface area (Å²) in [6.45, 7) is 2.15. The molecule has 1 aliphatic rings. The first kappa shape index (κ1) is 18.1. The summed E-state index contributed by atoms with van der Waals surface area (Å²) in [5.41, 5.74) is 1.15. The summed E-state index contributed by atoms with van der Waals surface area (Å²) >= 11 is 0. The van der Waals surface area contributed by atoms with E-state index in [2.05, 4.69) is 25.2 Å². The highest BCUT2D eigenvalue weighted by molar-refractivity contribution is 5.76. The topological polar surface area (TPSA) is 80.2 Å². The smallest absolute Gasteiger partial charge is 0.321 e. The van der Waals surface area contributed by atoms with Gasteiger partial charge >= 0.3 is 6.01 Å². The van der Waals surface area contributed by atoms with Crippen molar-refractivity contribution in [3.05, 3.63) is 41.7 Å². The molecule has 3 rings (SSSR count). The van der Waals surface area contributed by atoms with Crippen molar-refractivity contribution in [1.29, 1.82) is 0 Å². The first-order valence-corrected chi connectivity index (χ1v) is 9.09. The van der Waals surface area contributed by atoms with Gasteiger partial charge in [0.1, 0.15) is 0 Å². The Morgan fingerprint density at radius 3 is 2.62 bits per heavy atom. The van der Waals surface area contributed by atoms with Crippen molar-refractivity contribution in [3.8, 4) is 6.01 Å². The second-order valence-electron chi connectivity index (χ2n) is 6.35. The Kier molecular flexibility index (Phi) is 6.35. The number of anilines is 1. The molecular weight excluding hydrogens is 330 g/mol. The molecule has 1 aromatic heterocycles. The van der Waals surface area contributed by atoms with E-state index >= 15 is 0 Å². The summed E-state index contributed by atoms with van der Waals surface area (Å²) in [5, 5.41) is 2.88. The molecule has 7 nitrogen and oxygen atoms in total. The average molecular weight is 355 g/mol. The summed E-state index contributed by atoms with van der Waals surface area (Å²) in [4.78, 5) is 27.4. The van der Waals surface area contributed by atoms with Crippen LogP contribution in [-0.2, 0) is 17.8 Å². The van der Waals surface area contributed by atoms with Crippen LogP contribution in [0.15, 0.2) is 30.3 Å². The van der Waals surface area contributed by atoms with E-state index in [1.807, 2.05) is 30.3 Å². The van der Waals surface area contributed by atoms with Crippen LogP contribution in [0.4, 0.5) is 5.95 Å². The number of nitrogens with one attached hydrogen (secondary N) is 1. The van der Waals surface area contributed by atoms with Crippen LogP contribution >= 0.6 is 0 Å². The molecule has 0 saturated carbocycles. The van der Waals surface area contributed by atoms with Gasteiger partial charge in [-0.3, -0.25) is 4.79 Å². The molecule has 0 aliphatic carbocycles. The zero-order valence-electron chi connectivity index (χ0n) is 15.1. The molecule has 0 radical (unpaired) electrons. The van der Waals surface area contributed by atoms with Gasteiger partial charge in [-0.1, -0.05) is 30.3 Å². The molecule has 2 aromatic rings. The number of ether oxygens (including phenoxy) is 1. The quantitative estimate of drug-likeness (QED) is 0.819. The highest BCUT2D eigenvalue weighted by atomic mass is 16.5. The number of rotatable bonds is 7. The van der Waals surface area contributed by atoms with Gasteiger partial charge in [0.2, 0.25) is 11.9 Å². The van der Waals surface area contributed by atoms with E-state index in [0.717, 1.165) is 31.5 Å². The van der Waals surface area contributed by atoms with Crippen molar-refractivity contribution in [2.75, 3.05) is 25.1 Å². The molecule has 1 amide bonds. The summed E-state index contributed by atoms with van der Waals surface area (Å²) in [7, 11) is 1.54. The molecule has 0 bridgehead atoms. The number of carbonyl (C=O) groups is 1. The van der Waals surface area contributed by atoms with Crippen molar-refractivity contribution in [2.45, 2.75) is 38.6 Å². The minimum atomic E-state index is -0.0206. The summed E-state index contributed by atoms with van der Waals surface area (Å²) in [5.74, 6) is 1.13. The maximum atomic E-state index is 12.1. The van der Waals surface area contributed by atoms with E-state index in [4.69, 9.17) is 4.74 Å². The molecule has 138 valence electrons. The predicted octanol–water partition coefficient (Wildman–Crippen LogP) is 2.12. The van der Waals surface area contributed by atoms with Crippen molar-refractivity contribution in [2.24, 2.45) is 0 Å². The first-order valence-electron chi connectivity index (χ1n) is 9.09. The Bertz CT molecular complexity index is 717. The largest absolute Gasteiger partial charge is 0.467 e. The lowest BCUT2D eigenvalue weighted by molar-refractivity contribution is -0.121. The number of methoxy groups -OCH3 is 1. The van der Waals surface area contributed by atoms with E-state index in [-0.39, 0.29) is 18.5 Å². The number of amides is 1. The van der Waals surface area contributed by atoms with Crippen LogP contribution in [0.2, 0.25) is 0 Å². The minimum absolute atomic E-state index is 0.0206. The molecule has 26 heavy (non-hydrogen) atoms. The van der Waals surface area contributed by atoms with Gasteiger partial charge in [0.15, 0.2) is 5.82 Å². The van der Waals surface area contributed by atoms with Crippen molar-refractivity contribution in [1.82, 2.24) is 20.3 Å². The van der Waals surface area contributed by atoms with Gasteiger partial charge in [-0.25, -0.2) is 0 Å². The second kappa shape index (κ2) is 9.12. The fourth-order valence-corrected chi connectivity index (χ4v) is 2.96. The van der Waals surface area contributed by atoms with Crippen LogP contribution in [0.3, 0.4) is 0 Å². The highest BCUT2D eigenvalue weighted by Gasteiger charge is 2.16. The van der Waals surface area contributed by atoms with Crippen LogP contribution in [0.5, 0.6) is 6.01 Å². The highest BCUT2D eigenvalue weighted by Crippen LogP contribution is 2.17. The number of hydrogen-bond acceptors (Lipinski definition) is 6. The molecule has 0 unspecified atom stereocenters. The van der Waals surface area contributed by atoms with Gasteiger partial charge in [0.25, 0.3) is 0 Å². The van der Waals surface area contributed by atoms with Crippen LogP contribution < -0.4 is 15.0 Å². The predicted molar refractivity (Wildman–Crippen MR) is 99.1 cm³/mol. The number of nitrogens with zero attached hydrogens (tertiary/aromatic N) is 4.